The van der Waals surface area contributed by atoms with Crippen molar-refractivity contribution in [1.29, 1.82) is 0 Å². The predicted octanol–water partition coefficient (Wildman–Crippen LogP) is 0.742. The largest absolute Gasteiger partial charge is 0.368 e. The Morgan fingerprint density at radius 1 is 1.03 bits per heavy atom. The molecule has 0 radical (unpaired) electrons. The molecule has 0 bridgehead atoms. The maximum absolute atomic E-state index is 13.2. The van der Waals surface area contributed by atoms with Gasteiger partial charge >= 0.3 is 0 Å². The van der Waals surface area contributed by atoms with Crippen molar-refractivity contribution < 1.29 is 13.2 Å². The minimum absolute atomic E-state index is 0.0294. The van der Waals surface area contributed by atoms with Crippen LogP contribution in [0.15, 0.2) is 83.0 Å². The second-order valence-electron chi connectivity index (χ2n) is 6.61. The monoisotopic (exact) mass is 451 g/mol. The number of primary amides is 1. The van der Waals surface area contributed by atoms with Crippen LogP contribution >= 0.6 is 0 Å². The summed E-state index contributed by atoms with van der Waals surface area (Å²) in [7, 11) is -4.01. The fourth-order valence-electron chi connectivity index (χ4n) is 2.97. The summed E-state index contributed by atoms with van der Waals surface area (Å²) >= 11 is 0. The second-order valence-corrected chi connectivity index (χ2v) is 8.29. The molecule has 12 heteroatoms. The van der Waals surface area contributed by atoms with Gasteiger partial charge in [-0.1, -0.05) is 12.1 Å². The Morgan fingerprint density at radius 2 is 1.78 bits per heavy atom. The minimum atomic E-state index is -4.01. The van der Waals surface area contributed by atoms with Gasteiger partial charge in [0, 0.05) is 12.4 Å². The Hall–Kier alpha value is -4.32. The first kappa shape index (κ1) is 20.9. The maximum Gasteiger partial charge on any atom is 0.280 e. The fraction of sp³-hybridized carbons (Fsp3) is 0.0500. The van der Waals surface area contributed by atoms with Gasteiger partial charge < -0.3 is 5.73 Å². The standard InChI is InChI=1S/C20H17N7O4S/c21-17(28)12-26(19-6-2-4-10-23-19)27-13-24-16-8-7-14(11-15(16)20(27)29)32(30,31)25-18-5-1-3-9-22-18/h1-11,13H,12H2,(H2,21,28)(H,22,25). The summed E-state index contributed by atoms with van der Waals surface area (Å²) in [5.41, 5.74) is 5.03. The zero-order valence-electron chi connectivity index (χ0n) is 16.5. The Labute approximate surface area is 182 Å². The van der Waals surface area contributed by atoms with E-state index in [0.29, 0.717) is 0 Å². The van der Waals surface area contributed by atoms with Crippen LogP contribution in [-0.2, 0) is 14.8 Å². The van der Waals surface area contributed by atoms with E-state index < -0.39 is 21.5 Å². The highest BCUT2D eigenvalue weighted by Crippen LogP contribution is 2.18. The number of carbonyl (C=O) groups is 1. The summed E-state index contributed by atoms with van der Waals surface area (Å²) in [6, 6.07) is 13.7. The Bertz CT molecular complexity index is 1440. The highest BCUT2D eigenvalue weighted by atomic mass is 32.2. The first-order chi connectivity index (χ1) is 15.3. The molecule has 0 spiro atoms. The number of benzene rings is 1. The van der Waals surface area contributed by atoms with E-state index in [1.807, 2.05) is 0 Å². The van der Waals surface area contributed by atoms with Crippen LogP contribution in [0.2, 0.25) is 0 Å². The minimum Gasteiger partial charge on any atom is -0.368 e. The molecule has 3 heterocycles. The molecule has 0 aliphatic rings. The number of sulfonamides is 1. The molecule has 3 aromatic heterocycles. The van der Waals surface area contributed by atoms with E-state index in [1.165, 1.54) is 48.0 Å². The molecule has 0 atom stereocenters. The molecule has 0 unspecified atom stereocenters. The summed E-state index contributed by atoms with van der Waals surface area (Å²) in [4.78, 5) is 37.0. The SMILES string of the molecule is NC(=O)CN(c1ccccn1)n1cnc2ccc(S(=O)(=O)Nc3ccccn3)cc2c1=O. The molecule has 4 aromatic rings. The summed E-state index contributed by atoms with van der Waals surface area (Å²) < 4.78 is 29.0. The number of carbonyl (C=O) groups excluding carboxylic acids is 1. The van der Waals surface area contributed by atoms with Crippen LogP contribution < -0.4 is 21.0 Å². The molecule has 4 rings (SSSR count). The molecular weight excluding hydrogens is 434 g/mol. The van der Waals surface area contributed by atoms with Gasteiger partial charge in [-0.25, -0.2) is 28.0 Å². The lowest BCUT2D eigenvalue weighted by Crippen LogP contribution is -2.44. The summed E-state index contributed by atoms with van der Waals surface area (Å²) in [6.45, 7) is -0.344. The number of aromatic nitrogens is 4. The molecule has 0 aliphatic carbocycles. The van der Waals surface area contributed by atoms with Gasteiger partial charge in [0.1, 0.15) is 24.5 Å². The van der Waals surface area contributed by atoms with E-state index in [9.17, 15) is 18.0 Å². The van der Waals surface area contributed by atoms with Gasteiger partial charge in [0.15, 0.2) is 0 Å². The Balaban J connectivity index is 1.81. The first-order valence-corrected chi connectivity index (χ1v) is 10.8. The van der Waals surface area contributed by atoms with Gasteiger partial charge in [0.2, 0.25) is 5.91 Å². The van der Waals surface area contributed by atoms with Crippen LogP contribution in [0, 0.1) is 0 Å². The number of pyridine rings is 2. The first-order valence-electron chi connectivity index (χ1n) is 9.27. The van der Waals surface area contributed by atoms with E-state index in [2.05, 4.69) is 19.7 Å². The predicted molar refractivity (Wildman–Crippen MR) is 117 cm³/mol. The lowest BCUT2D eigenvalue weighted by atomic mass is 10.2. The average molecular weight is 451 g/mol. The van der Waals surface area contributed by atoms with E-state index >= 15 is 0 Å². The van der Waals surface area contributed by atoms with Crippen LogP contribution in [-0.4, -0.2) is 40.5 Å². The number of hydrogen-bond donors (Lipinski definition) is 2. The number of rotatable bonds is 7. The average Bonchev–Trinajstić information content (AvgIpc) is 2.79. The maximum atomic E-state index is 13.2. The van der Waals surface area contributed by atoms with Crippen molar-refractivity contribution in [3.63, 3.8) is 0 Å². The number of amides is 1. The highest BCUT2D eigenvalue weighted by molar-refractivity contribution is 7.92. The Morgan fingerprint density at radius 3 is 2.44 bits per heavy atom. The van der Waals surface area contributed by atoms with E-state index in [1.54, 1.807) is 30.3 Å². The molecule has 3 N–H and O–H groups in total. The summed E-state index contributed by atoms with van der Waals surface area (Å²) in [6.07, 6.45) is 4.17. The molecule has 1 aromatic carbocycles. The van der Waals surface area contributed by atoms with Crippen molar-refractivity contribution in [3.8, 4) is 0 Å². The Kier molecular flexibility index (Phi) is 5.52. The van der Waals surface area contributed by atoms with Gasteiger partial charge in [0.25, 0.3) is 15.6 Å². The van der Waals surface area contributed by atoms with E-state index in [-0.39, 0.29) is 34.0 Å². The van der Waals surface area contributed by atoms with Crippen LogP contribution in [0.5, 0.6) is 0 Å². The van der Waals surface area contributed by atoms with Crippen LogP contribution in [0.25, 0.3) is 10.9 Å². The lowest BCUT2D eigenvalue weighted by Gasteiger charge is -2.23. The van der Waals surface area contributed by atoms with Crippen molar-refractivity contribution in [2.45, 2.75) is 4.90 Å². The van der Waals surface area contributed by atoms with Crippen LogP contribution in [0.1, 0.15) is 0 Å². The number of hydrogen-bond acceptors (Lipinski definition) is 8. The number of fused-ring (bicyclic) bond motifs is 1. The number of nitrogens with two attached hydrogens (primary N) is 1. The molecule has 0 saturated heterocycles. The zero-order valence-corrected chi connectivity index (χ0v) is 17.3. The molecule has 0 aliphatic heterocycles. The van der Waals surface area contributed by atoms with Crippen molar-refractivity contribution in [3.05, 3.63) is 83.7 Å². The summed E-state index contributed by atoms with van der Waals surface area (Å²) in [5, 5.41) is 1.28. The third-order valence-corrected chi connectivity index (χ3v) is 5.76. The second kappa shape index (κ2) is 8.43. The van der Waals surface area contributed by atoms with Gasteiger partial charge in [-0.15, -0.1) is 0 Å². The van der Waals surface area contributed by atoms with Gasteiger partial charge in [-0.3, -0.25) is 19.3 Å². The number of anilines is 2. The normalized spacial score (nSPS) is 11.2. The summed E-state index contributed by atoms with van der Waals surface area (Å²) in [5.74, 6) is -0.271. The topological polar surface area (TPSA) is 153 Å². The smallest absolute Gasteiger partial charge is 0.280 e. The molecule has 0 fully saturated rings. The number of nitrogens with one attached hydrogen (secondary N) is 1. The van der Waals surface area contributed by atoms with E-state index in [0.717, 1.165) is 4.68 Å². The van der Waals surface area contributed by atoms with Gasteiger partial charge in [-0.05, 0) is 42.5 Å². The van der Waals surface area contributed by atoms with Gasteiger partial charge in [-0.2, -0.15) is 0 Å². The zero-order chi connectivity index (χ0) is 22.7. The molecular formula is C20H17N7O4S. The van der Waals surface area contributed by atoms with Crippen molar-refractivity contribution in [2.75, 3.05) is 16.3 Å². The number of nitrogens with zero attached hydrogens (tertiary/aromatic N) is 5. The molecule has 1 amide bonds. The quantitative estimate of drug-likeness (QED) is 0.417. The molecule has 0 saturated carbocycles. The third kappa shape index (κ3) is 4.25. The van der Waals surface area contributed by atoms with Crippen molar-refractivity contribution >= 4 is 38.5 Å². The van der Waals surface area contributed by atoms with Crippen molar-refractivity contribution in [2.24, 2.45) is 5.73 Å². The fourth-order valence-corrected chi connectivity index (χ4v) is 4.01. The highest BCUT2D eigenvalue weighted by Gasteiger charge is 2.19. The van der Waals surface area contributed by atoms with E-state index in [4.69, 9.17) is 5.73 Å². The van der Waals surface area contributed by atoms with Crippen LogP contribution in [0.3, 0.4) is 0 Å². The lowest BCUT2D eigenvalue weighted by molar-refractivity contribution is -0.116. The van der Waals surface area contributed by atoms with Gasteiger partial charge in [0.05, 0.1) is 15.8 Å². The van der Waals surface area contributed by atoms with Crippen molar-refractivity contribution in [1.82, 2.24) is 19.6 Å². The molecule has 162 valence electrons. The molecule has 32 heavy (non-hydrogen) atoms. The molecule has 11 nitrogen and oxygen atoms in total. The van der Waals surface area contributed by atoms with Crippen LogP contribution in [0.4, 0.5) is 11.6 Å². The third-order valence-electron chi connectivity index (χ3n) is 4.41.